The third-order valence-corrected chi connectivity index (χ3v) is 4.77. The number of hydrogen-bond donors (Lipinski definition) is 0. The average molecular weight is 308 g/mol. The molecule has 0 aromatic carbocycles. The Labute approximate surface area is 103 Å². The van der Waals surface area contributed by atoms with Gasteiger partial charge in [0, 0.05) is 6.42 Å². The van der Waals surface area contributed by atoms with Crippen molar-refractivity contribution in [2.24, 2.45) is 0 Å². The van der Waals surface area contributed by atoms with Crippen molar-refractivity contribution < 1.29 is 13.2 Å². The average Bonchev–Trinajstić information content (AvgIpc) is 1.99. The largest absolute Gasteiger partial charge is 0.272 e. The Balaban J connectivity index is 3.36. The Morgan fingerprint density at radius 1 is 1.00 bits per heavy atom. The third-order valence-electron chi connectivity index (χ3n) is 1.74. The second-order valence-electron chi connectivity index (χ2n) is 2.75. The summed E-state index contributed by atoms with van der Waals surface area (Å²) in [6.07, 6.45) is -0.854. The minimum Gasteiger partial charge on any atom is -0.215 e. The van der Waals surface area contributed by atoms with Gasteiger partial charge >= 0.3 is 0 Å². The lowest BCUT2D eigenvalue weighted by Crippen LogP contribution is -2.53. The molecule has 0 nitrogen and oxygen atoms in total. The molecule has 0 fully saturated rings. The fourth-order valence-electron chi connectivity index (χ4n) is 0.921. The molecule has 0 spiro atoms. The van der Waals surface area contributed by atoms with E-state index in [0.29, 0.717) is 0 Å². The lowest BCUT2D eigenvalue weighted by Gasteiger charge is -2.41. The van der Waals surface area contributed by atoms with E-state index in [0.717, 1.165) is 0 Å². The van der Waals surface area contributed by atoms with Crippen LogP contribution in [0.5, 0.6) is 0 Å². The minimum absolute atomic E-state index is 0.854. The molecule has 82 valence electrons. The second kappa shape index (κ2) is 3.49. The minimum atomic E-state index is -3.48. The molecule has 0 aromatic rings. The summed E-state index contributed by atoms with van der Waals surface area (Å²) in [5.74, 6) is -3.41. The van der Waals surface area contributed by atoms with Gasteiger partial charge in [-0.3, -0.25) is 0 Å². The molecular weight excluding hydrogens is 306 g/mol. The molecule has 0 aliphatic heterocycles. The SMILES string of the molecule is FC1=C(F)C(F)(Cl)C(Cl)(Cl)C(Cl)(Cl)C1. The molecule has 0 saturated heterocycles. The highest BCUT2D eigenvalue weighted by Gasteiger charge is 2.68. The number of alkyl halides is 6. The third kappa shape index (κ3) is 1.61. The molecule has 1 aliphatic rings. The lowest BCUT2D eigenvalue weighted by atomic mass is 10.0. The quantitative estimate of drug-likeness (QED) is 0.564. The fourth-order valence-corrected chi connectivity index (χ4v) is 2.08. The van der Waals surface area contributed by atoms with Gasteiger partial charge < -0.3 is 0 Å². The van der Waals surface area contributed by atoms with Crippen LogP contribution in [0.3, 0.4) is 0 Å². The van der Waals surface area contributed by atoms with Crippen LogP contribution in [0.4, 0.5) is 13.2 Å². The molecule has 0 bridgehead atoms. The predicted molar refractivity (Wildman–Crippen MR) is 52.4 cm³/mol. The summed E-state index contributed by atoms with van der Waals surface area (Å²) in [4.78, 5) is 0. The molecule has 1 unspecified atom stereocenters. The van der Waals surface area contributed by atoms with E-state index in [1.807, 2.05) is 0 Å². The Bertz CT molecular complexity index is 296. The molecular formula is C6H2Cl5F3. The van der Waals surface area contributed by atoms with Crippen LogP contribution in [-0.4, -0.2) is 13.8 Å². The Kier molecular flexibility index (Phi) is 3.25. The summed E-state index contributed by atoms with van der Waals surface area (Å²) in [5.41, 5.74) is 0. The van der Waals surface area contributed by atoms with Crippen molar-refractivity contribution in [2.45, 2.75) is 20.2 Å². The number of hydrogen-bond acceptors (Lipinski definition) is 0. The molecule has 8 heteroatoms. The van der Waals surface area contributed by atoms with Crippen LogP contribution in [0.25, 0.3) is 0 Å². The smallest absolute Gasteiger partial charge is 0.215 e. The van der Waals surface area contributed by atoms with Crippen LogP contribution in [0, 0.1) is 0 Å². The predicted octanol–water partition coefficient (Wildman–Crippen LogP) is 4.79. The Hall–Kier alpha value is 0.980. The van der Waals surface area contributed by atoms with Crippen LogP contribution in [0.2, 0.25) is 0 Å². The molecule has 0 saturated carbocycles. The topological polar surface area (TPSA) is 0 Å². The van der Waals surface area contributed by atoms with E-state index < -0.39 is 31.9 Å². The number of rotatable bonds is 0. The van der Waals surface area contributed by atoms with Crippen molar-refractivity contribution in [3.05, 3.63) is 11.7 Å². The van der Waals surface area contributed by atoms with Crippen molar-refractivity contribution in [3.63, 3.8) is 0 Å². The first-order valence-electron chi connectivity index (χ1n) is 3.22. The Morgan fingerprint density at radius 3 is 1.86 bits per heavy atom. The maximum atomic E-state index is 13.4. The highest BCUT2D eigenvalue weighted by molar-refractivity contribution is 6.65. The molecule has 1 aliphatic carbocycles. The number of allylic oxidation sites excluding steroid dienone is 2. The summed E-state index contributed by atoms with van der Waals surface area (Å²) in [7, 11) is 0. The van der Waals surface area contributed by atoms with Gasteiger partial charge in [0.15, 0.2) is 10.2 Å². The van der Waals surface area contributed by atoms with Gasteiger partial charge in [-0.1, -0.05) is 58.0 Å². The van der Waals surface area contributed by atoms with Crippen molar-refractivity contribution >= 4 is 58.0 Å². The molecule has 0 N–H and O–H groups in total. The zero-order valence-electron chi connectivity index (χ0n) is 6.23. The van der Waals surface area contributed by atoms with Crippen molar-refractivity contribution in [2.75, 3.05) is 0 Å². The van der Waals surface area contributed by atoms with Gasteiger partial charge in [-0.25, -0.2) is 13.2 Å². The van der Waals surface area contributed by atoms with E-state index in [1.165, 1.54) is 0 Å². The first kappa shape index (κ1) is 13.0. The molecule has 1 atom stereocenters. The van der Waals surface area contributed by atoms with E-state index >= 15 is 0 Å². The van der Waals surface area contributed by atoms with E-state index in [-0.39, 0.29) is 0 Å². The lowest BCUT2D eigenvalue weighted by molar-refractivity contribution is 0.205. The van der Waals surface area contributed by atoms with Crippen LogP contribution in [-0.2, 0) is 0 Å². The van der Waals surface area contributed by atoms with Gasteiger partial charge in [0.25, 0.3) is 5.13 Å². The second-order valence-corrected chi connectivity index (χ2v) is 6.08. The summed E-state index contributed by atoms with van der Waals surface area (Å²) in [6.45, 7) is 0. The van der Waals surface area contributed by atoms with E-state index in [4.69, 9.17) is 58.0 Å². The summed E-state index contributed by atoms with van der Waals surface area (Å²) in [6, 6.07) is 0. The van der Waals surface area contributed by atoms with Crippen LogP contribution >= 0.6 is 58.0 Å². The van der Waals surface area contributed by atoms with Gasteiger partial charge in [-0.2, -0.15) is 0 Å². The number of halogens is 8. The van der Waals surface area contributed by atoms with E-state index in [9.17, 15) is 13.2 Å². The van der Waals surface area contributed by atoms with Gasteiger partial charge in [0.2, 0.25) is 4.33 Å². The normalized spacial score (nSPS) is 36.0. The maximum Gasteiger partial charge on any atom is 0.272 e. The first-order valence-corrected chi connectivity index (χ1v) is 5.11. The van der Waals surface area contributed by atoms with E-state index in [1.54, 1.807) is 0 Å². The first-order chi connectivity index (χ1) is 6.04. The summed E-state index contributed by atoms with van der Waals surface area (Å²) in [5, 5.41) is -3.48. The molecule has 0 amide bonds. The van der Waals surface area contributed by atoms with E-state index in [2.05, 4.69) is 0 Å². The highest BCUT2D eigenvalue weighted by Crippen LogP contribution is 2.62. The van der Waals surface area contributed by atoms with Gasteiger partial charge in [0.1, 0.15) is 5.83 Å². The van der Waals surface area contributed by atoms with Gasteiger partial charge in [-0.05, 0) is 0 Å². The van der Waals surface area contributed by atoms with Crippen molar-refractivity contribution in [3.8, 4) is 0 Å². The monoisotopic (exact) mass is 306 g/mol. The zero-order valence-corrected chi connectivity index (χ0v) is 10.0. The van der Waals surface area contributed by atoms with Gasteiger partial charge in [-0.15, -0.1) is 0 Å². The molecule has 0 aromatic heterocycles. The van der Waals surface area contributed by atoms with Crippen LogP contribution < -0.4 is 0 Å². The standard InChI is InChI=1S/C6H2Cl5F3/c7-4(8)1-2(12)3(13)5(9,14)6(4,10)11/h1H2. The molecule has 1 rings (SSSR count). The summed E-state index contributed by atoms with van der Waals surface area (Å²) >= 11 is 26.6. The Morgan fingerprint density at radius 2 is 1.43 bits per heavy atom. The van der Waals surface area contributed by atoms with Crippen molar-refractivity contribution in [1.29, 1.82) is 0 Å². The molecule has 0 radical (unpaired) electrons. The summed E-state index contributed by atoms with van der Waals surface area (Å²) < 4.78 is 34.2. The zero-order chi connectivity index (χ0) is 11.4. The highest BCUT2D eigenvalue weighted by atomic mass is 35.5. The van der Waals surface area contributed by atoms with Gasteiger partial charge in [0.05, 0.1) is 0 Å². The fraction of sp³-hybridized carbons (Fsp3) is 0.667. The molecule has 0 heterocycles. The maximum absolute atomic E-state index is 13.4. The van der Waals surface area contributed by atoms with Crippen LogP contribution in [0.1, 0.15) is 6.42 Å². The molecule has 14 heavy (non-hydrogen) atoms. The van der Waals surface area contributed by atoms with Crippen LogP contribution in [0.15, 0.2) is 11.7 Å². The van der Waals surface area contributed by atoms with Crippen molar-refractivity contribution in [1.82, 2.24) is 0 Å².